The lowest BCUT2D eigenvalue weighted by atomic mass is 10.1. The number of benzene rings is 2. The smallest absolute Gasteiger partial charge is 0.220 e. The molecule has 116 valence electrons. The van der Waals surface area contributed by atoms with Gasteiger partial charge in [0, 0.05) is 6.42 Å². The molecule has 0 aliphatic heterocycles. The third kappa shape index (κ3) is 4.32. The molecule has 0 radical (unpaired) electrons. The van der Waals surface area contributed by atoms with E-state index in [-0.39, 0.29) is 17.7 Å². The monoisotopic (exact) mass is 301 g/mol. The van der Waals surface area contributed by atoms with Crippen LogP contribution < -0.4 is 10.1 Å². The van der Waals surface area contributed by atoms with Gasteiger partial charge in [0.25, 0.3) is 0 Å². The number of amides is 1. The predicted octanol–water partition coefficient (Wildman–Crippen LogP) is 3.64. The number of carbonyl (C=O) groups is 1. The van der Waals surface area contributed by atoms with Gasteiger partial charge < -0.3 is 10.1 Å². The van der Waals surface area contributed by atoms with E-state index in [0.717, 1.165) is 5.56 Å². The highest BCUT2D eigenvalue weighted by Crippen LogP contribution is 2.21. The Morgan fingerprint density at radius 3 is 2.59 bits per heavy atom. The SMILES string of the molecule is COc1ccc([C@H](C)NC(=O)CCc2ccccc2)cc1F. The molecule has 0 aliphatic carbocycles. The Morgan fingerprint density at radius 1 is 1.23 bits per heavy atom. The molecule has 3 nitrogen and oxygen atoms in total. The van der Waals surface area contributed by atoms with Crippen LogP contribution in [0, 0.1) is 5.82 Å². The Bertz CT molecular complexity index is 628. The van der Waals surface area contributed by atoms with E-state index in [1.54, 1.807) is 12.1 Å². The van der Waals surface area contributed by atoms with Crippen LogP contribution >= 0.6 is 0 Å². The molecule has 0 spiro atoms. The fraction of sp³-hybridized carbons (Fsp3) is 0.278. The molecule has 4 heteroatoms. The molecule has 0 saturated carbocycles. The number of ether oxygens (including phenoxy) is 1. The summed E-state index contributed by atoms with van der Waals surface area (Å²) in [4.78, 5) is 12.0. The van der Waals surface area contributed by atoms with Gasteiger partial charge in [-0.1, -0.05) is 36.4 Å². The van der Waals surface area contributed by atoms with E-state index < -0.39 is 5.82 Å². The van der Waals surface area contributed by atoms with Crippen LogP contribution in [-0.2, 0) is 11.2 Å². The summed E-state index contributed by atoms with van der Waals surface area (Å²) in [7, 11) is 1.42. The molecule has 1 N–H and O–H groups in total. The first-order chi connectivity index (χ1) is 10.6. The van der Waals surface area contributed by atoms with E-state index in [2.05, 4.69) is 5.32 Å². The molecular weight excluding hydrogens is 281 g/mol. The summed E-state index contributed by atoms with van der Waals surface area (Å²) in [5.74, 6) is -0.274. The number of hydrogen-bond donors (Lipinski definition) is 1. The van der Waals surface area contributed by atoms with Crippen molar-refractivity contribution in [2.75, 3.05) is 7.11 Å². The van der Waals surface area contributed by atoms with Gasteiger partial charge in [-0.3, -0.25) is 4.79 Å². The van der Waals surface area contributed by atoms with Crippen LogP contribution in [0.25, 0.3) is 0 Å². The van der Waals surface area contributed by atoms with Gasteiger partial charge in [0.05, 0.1) is 13.2 Å². The van der Waals surface area contributed by atoms with Crippen molar-refractivity contribution in [2.24, 2.45) is 0 Å². The van der Waals surface area contributed by atoms with Crippen molar-refractivity contribution in [3.8, 4) is 5.75 Å². The lowest BCUT2D eigenvalue weighted by Crippen LogP contribution is -2.26. The van der Waals surface area contributed by atoms with E-state index in [4.69, 9.17) is 4.74 Å². The van der Waals surface area contributed by atoms with Gasteiger partial charge in [-0.2, -0.15) is 0 Å². The Morgan fingerprint density at radius 2 is 1.95 bits per heavy atom. The number of methoxy groups -OCH3 is 1. The Kier molecular flexibility index (Phi) is 5.53. The molecule has 0 saturated heterocycles. The van der Waals surface area contributed by atoms with Gasteiger partial charge in [0.15, 0.2) is 11.6 Å². The van der Waals surface area contributed by atoms with E-state index in [0.29, 0.717) is 18.4 Å². The Hall–Kier alpha value is -2.36. The highest BCUT2D eigenvalue weighted by molar-refractivity contribution is 5.76. The van der Waals surface area contributed by atoms with Crippen LogP contribution in [0.15, 0.2) is 48.5 Å². The maximum atomic E-state index is 13.7. The summed E-state index contributed by atoms with van der Waals surface area (Å²) in [6.07, 6.45) is 1.10. The van der Waals surface area contributed by atoms with E-state index >= 15 is 0 Å². The molecule has 1 amide bonds. The quantitative estimate of drug-likeness (QED) is 0.884. The van der Waals surface area contributed by atoms with Crippen molar-refractivity contribution in [1.82, 2.24) is 5.32 Å². The number of halogens is 1. The first-order valence-corrected chi connectivity index (χ1v) is 7.27. The van der Waals surface area contributed by atoms with Gasteiger partial charge in [-0.25, -0.2) is 4.39 Å². The average Bonchev–Trinajstić information content (AvgIpc) is 2.53. The lowest BCUT2D eigenvalue weighted by molar-refractivity contribution is -0.121. The standard InChI is InChI=1S/C18H20FNO2/c1-13(15-9-10-17(22-2)16(19)12-15)20-18(21)11-8-14-6-4-3-5-7-14/h3-7,9-10,12-13H,8,11H2,1-2H3,(H,20,21)/t13-/m0/s1. The number of carbonyl (C=O) groups excluding carboxylic acids is 1. The molecule has 1 atom stereocenters. The summed E-state index contributed by atoms with van der Waals surface area (Å²) in [5, 5.41) is 2.88. The van der Waals surface area contributed by atoms with E-state index in [1.165, 1.54) is 13.2 Å². The van der Waals surface area contributed by atoms with E-state index in [9.17, 15) is 9.18 Å². The van der Waals surface area contributed by atoms with Gasteiger partial charge in [0.1, 0.15) is 0 Å². The van der Waals surface area contributed by atoms with Crippen LogP contribution in [0.3, 0.4) is 0 Å². The largest absolute Gasteiger partial charge is 0.494 e. The summed E-state index contributed by atoms with van der Waals surface area (Å²) in [5.41, 5.74) is 1.84. The van der Waals surface area contributed by atoms with Crippen molar-refractivity contribution in [3.05, 3.63) is 65.5 Å². The fourth-order valence-electron chi connectivity index (χ4n) is 2.25. The molecule has 2 rings (SSSR count). The normalized spacial score (nSPS) is 11.8. The van der Waals surface area contributed by atoms with Gasteiger partial charge in [-0.05, 0) is 36.6 Å². The third-order valence-electron chi connectivity index (χ3n) is 3.54. The predicted molar refractivity (Wildman–Crippen MR) is 84.3 cm³/mol. The lowest BCUT2D eigenvalue weighted by Gasteiger charge is -2.15. The second kappa shape index (κ2) is 7.59. The summed E-state index contributed by atoms with van der Waals surface area (Å²) < 4.78 is 18.6. The molecule has 0 unspecified atom stereocenters. The van der Waals surface area contributed by atoms with Crippen molar-refractivity contribution >= 4 is 5.91 Å². The second-order valence-corrected chi connectivity index (χ2v) is 5.17. The van der Waals surface area contributed by atoms with Gasteiger partial charge in [-0.15, -0.1) is 0 Å². The van der Waals surface area contributed by atoms with Crippen LogP contribution in [0.2, 0.25) is 0 Å². The molecule has 0 heterocycles. The van der Waals surface area contributed by atoms with Crippen LogP contribution in [-0.4, -0.2) is 13.0 Å². The molecule has 0 fully saturated rings. The summed E-state index contributed by atoms with van der Waals surface area (Å²) in [6, 6.07) is 14.3. The van der Waals surface area contributed by atoms with E-state index in [1.807, 2.05) is 37.3 Å². The zero-order chi connectivity index (χ0) is 15.9. The zero-order valence-electron chi connectivity index (χ0n) is 12.8. The number of rotatable bonds is 6. The topological polar surface area (TPSA) is 38.3 Å². The number of aryl methyl sites for hydroxylation is 1. The molecule has 0 aromatic heterocycles. The van der Waals surface area contributed by atoms with Gasteiger partial charge >= 0.3 is 0 Å². The minimum Gasteiger partial charge on any atom is -0.494 e. The Labute approximate surface area is 130 Å². The first-order valence-electron chi connectivity index (χ1n) is 7.27. The van der Waals surface area contributed by atoms with Crippen LogP contribution in [0.4, 0.5) is 4.39 Å². The van der Waals surface area contributed by atoms with Crippen LogP contribution in [0.5, 0.6) is 5.75 Å². The van der Waals surface area contributed by atoms with Crippen molar-refractivity contribution in [3.63, 3.8) is 0 Å². The Balaban J connectivity index is 1.89. The number of hydrogen-bond acceptors (Lipinski definition) is 2. The third-order valence-corrected chi connectivity index (χ3v) is 3.54. The van der Waals surface area contributed by atoms with Gasteiger partial charge in [0.2, 0.25) is 5.91 Å². The summed E-state index contributed by atoms with van der Waals surface area (Å²) >= 11 is 0. The maximum absolute atomic E-state index is 13.7. The highest BCUT2D eigenvalue weighted by Gasteiger charge is 2.12. The van der Waals surface area contributed by atoms with Crippen molar-refractivity contribution < 1.29 is 13.9 Å². The minimum atomic E-state index is -0.426. The molecule has 0 bridgehead atoms. The average molecular weight is 301 g/mol. The molecular formula is C18H20FNO2. The van der Waals surface area contributed by atoms with Crippen LogP contribution in [0.1, 0.15) is 30.5 Å². The first kappa shape index (κ1) is 16.0. The second-order valence-electron chi connectivity index (χ2n) is 5.17. The molecule has 22 heavy (non-hydrogen) atoms. The minimum absolute atomic E-state index is 0.0485. The highest BCUT2D eigenvalue weighted by atomic mass is 19.1. The van der Waals surface area contributed by atoms with Crippen molar-refractivity contribution in [2.45, 2.75) is 25.8 Å². The molecule has 0 aliphatic rings. The molecule has 2 aromatic carbocycles. The molecule has 2 aromatic rings. The summed E-state index contributed by atoms with van der Waals surface area (Å²) in [6.45, 7) is 1.83. The fourth-order valence-corrected chi connectivity index (χ4v) is 2.25. The number of nitrogens with one attached hydrogen (secondary N) is 1. The zero-order valence-corrected chi connectivity index (χ0v) is 12.8. The maximum Gasteiger partial charge on any atom is 0.220 e. The van der Waals surface area contributed by atoms with Crippen molar-refractivity contribution in [1.29, 1.82) is 0 Å².